The van der Waals surface area contributed by atoms with Gasteiger partial charge in [-0.1, -0.05) is 115 Å². The Balaban J connectivity index is 1.04. The molecule has 0 aliphatic rings. The van der Waals surface area contributed by atoms with Crippen LogP contribution in [0.3, 0.4) is 0 Å². The van der Waals surface area contributed by atoms with E-state index < -0.39 is 0 Å². The van der Waals surface area contributed by atoms with Crippen molar-refractivity contribution in [2.45, 2.75) is 4.90 Å². The molecule has 0 bridgehead atoms. The largest absolute Gasteiger partial charge is 0.309 e. The normalized spacial score (nSPS) is 11.9. The highest BCUT2D eigenvalue weighted by Crippen LogP contribution is 2.42. The Morgan fingerprint density at radius 2 is 0.831 bits per heavy atom. The molecule has 0 unspecified atom stereocenters. The van der Waals surface area contributed by atoms with E-state index >= 15 is 0 Å². The van der Waals surface area contributed by atoms with Gasteiger partial charge in [-0.2, -0.15) is 0 Å². The van der Waals surface area contributed by atoms with Crippen LogP contribution in [0.25, 0.3) is 109 Å². The zero-order valence-corrected chi connectivity index (χ0v) is 33.9. The van der Waals surface area contributed by atoms with Crippen molar-refractivity contribution in [1.29, 1.82) is 0 Å². The molecule has 0 N–H and O–H groups in total. The van der Waals surface area contributed by atoms with Crippen molar-refractivity contribution in [2.24, 2.45) is 0 Å². The molecule has 0 aliphatic heterocycles. The van der Waals surface area contributed by atoms with E-state index in [1.807, 2.05) is 11.3 Å². The molecular weight excluding hydrogens is 753 g/mol. The first-order chi connectivity index (χ1) is 29.2. The monoisotopic (exact) mass is 788 g/mol. The van der Waals surface area contributed by atoms with Gasteiger partial charge in [-0.15, -0.1) is 23.1 Å². The highest BCUT2D eigenvalue weighted by Gasteiger charge is 2.19. The maximum Gasteiger partial charge on any atom is 0.0541 e. The topological polar surface area (TPSA) is 9.86 Å². The summed E-state index contributed by atoms with van der Waals surface area (Å²) in [6.07, 6.45) is 2.18. The molecule has 0 saturated heterocycles. The first-order valence-electron chi connectivity index (χ1n) is 20.0. The standard InChI is InChI=1S/C55H36N2S2/c1-58-53-28-23-40(57-51-25-20-37(35-12-4-2-5-13-35)30-46(51)47-31-38(21-26-52(47)57)36-14-6-3-7-15-36)33-44(53)39-22-27-50-45(32-39)42-16-8-10-18-49(42)56(50)41-24-29-55-48(34-41)43-17-9-11-19-54(43)59-55/h2-34H,1H3. The summed E-state index contributed by atoms with van der Waals surface area (Å²) in [4.78, 5) is 1.25. The minimum Gasteiger partial charge on any atom is -0.309 e. The van der Waals surface area contributed by atoms with Gasteiger partial charge in [-0.25, -0.2) is 0 Å². The fourth-order valence-corrected chi connectivity index (χ4v) is 10.9. The van der Waals surface area contributed by atoms with E-state index in [1.165, 1.54) is 108 Å². The summed E-state index contributed by atoms with van der Waals surface area (Å²) in [6, 6.07) is 73.9. The Morgan fingerprint density at radius 1 is 0.339 bits per heavy atom. The predicted octanol–water partition coefficient (Wildman–Crippen LogP) is 16.0. The number of rotatable bonds is 6. The number of para-hydroxylation sites is 1. The highest BCUT2D eigenvalue weighted by atomic mass is 32.2. The summed E-state index contributed by atoms with van der Waals surface area (Å²) in [5, 5.41) is 7.63. The lowest BCUT2D eigenvalue weighted by Crippen LogP contribution is -1.96. The number of thiophene rings is 1. The number of thioether (sulfide) groups is 1. The summed E-state index contributed by atoms with van der Waals surface area (Å²) in [5.74, 6) is 0. The van der Waals surface area contributed by atoms with Gasteiger partial charge in [0.25, 0.3) is 0 Å². The quantitative estimate of drug-likeness (QED) is 0.153. The van der Waals surface area contributed by atoms with Crippen molar-refractivity contribution in [3.05, 3.63) is 200 Å². The van der Waals surface area contributed by atoms with Crippen LogP contribution in [0, 0.1) is 0 Å². The van der Waals surface area contributed by atoms with E-state index in [-0.39, 0.29) is 0 Å². The first kappa shape index (κ1) is 34.2. The summed E-state index contributed by atoms with van der Waals surface area (Å²) in [7, 11) is 0. The van der Waals surface area contributed by atoms with Crippen LogP contribution in [0.1, 0.15) is 0 Å². The first-order valence-corrected chi connectivity index (χ1v) is 22.1. The summed E-state index contributed by atoms with van der Waals surface area (Å²) >= 11 is 3.67. The highest BCUT2D eigenvalue weighted by molar-refractivity contribution is 7.98. The van der Waals surface area contributed by atoms with E-state index in [1.54, 1.807) is 11.8 Å². The molecule has 0 spiro atoms. The molecule has 59 heavy (non-hydrogen) atoms. The number of benzene rings is 9. The van der Waals surface area contributed by atoms with Crippen molar-refractivity contribution < 1.29 is 0 Å². The van der Waals surface area contributed by atoms with Crippen LogP contribution in [-0.4, -0.2) is 15.4 Å². The minimum absolute atomic E-state index is 1.15. The molecule has 9 aromatic carbocycles. The molecule has 0 atom stereocenters. The van der Waals surface area contributed by atoms with Crippen LogP contribution in [0.2, 0.25) is 0 Å². The fourth-order valence-electron chi connectivity index (χ4n) is 9.25. The van der Waals surface area contributed by atoms with Gasteiger partial charge in [0.1, 0.15) is 0 Å². The van der Waals surface area contributed by atoms with Crippen molar-refractivity contribution in [1.82, 2.24) is 9.13 Å². The van der Waals surface area contributed by atoms with E-state index in [2.05, 4.69) is 216 Å². The molecule has 0 fully saturated rings. The van der Waals surface area contributed by atoms with Crippen molar-refractivity contribution in [3.8, 4) is 44.8 Å². The van der Waals surface area contributed by atoms with Crippen LogP contribution in [0.5, 0.6) is 0 Å². The maximum absolute atomic E-state index is 2.45. The average molecular weight is 789 g/mol. The zero-order chi connectivity index (χ0) is 39.0. The van der Waals surface area contributed by atoms with Crippen molar-refractivity contribution in [2.75, 3.05) is 6.26 Å². The van der Waals surface area contributed by atoms with E-state index in [0.29, 0.717) is 0 Å². The SMILES string of the molecule is CSc1ccc(-n2c3ccc(-c4ccccc4)cc3c3cc(-c4ccccc4)ccc32)cc1-c1ccc2c(c1)c1ccccc1n2-c1ccc2sc3ccccc3c2c1. The van der Waals surface area contributed by atoms with Crippen molar-refractivity contribution in [3.63, 3.8) is 0 Å². The Bertz CT molecular complexity index is 3490. The van der Waals surface area contributed by atoms with Gasteiger partial charge in [0, 0.05) is 58.0 Å². The Kier molecular flexibility index (Phi) is 7.90. The molecule has 0 aliphatic carbocycles. The molecule has 278 valence electrons. The third-order valence-electron chi connectivity index (χ3n) is 12.0. The van der Waals surface area contributed by atoms with Gasteiger partial charge in [-0.05, 0) is 125 Å². The average Bonchev–Trinajstić information content (AvgIpc) is 3.96. The van der Waals surface area contributed by atoms with Gasteiger partial charge >= 0.3 is 0 Å². The van der Waals surface area contributed by atoms with Crippen LogP contribution in [0.15, 0.2) is 205 Å². The minimum atomic E-state index is 1.15. The van der Waals surface area contributed by atoms with Crippen molar-refractivity contribution >= 4 is 86.9 Å². The Morgan fingerprint density at radius 3 is 1.49 bits per heavy atom. The second-order valence-electron chi connectivity index (χ2n) is 15.3. The van der Waals surface area contributed by atoms with Crippen LogP contribution in [0.4, 0.5) is 0 Å². The summed E-state index contributed by atoms with van der Waals surface area (Å²) < 4.78 is 7.54. The second kappa shape index (κ2) is 13.6. The number of hydrogen-bond acceptors (Lipinski definition) is 2. The van der Waals surface area contributed by atoms with Gasteiger partial charge in [0.15, 0.2) is 0 Å². The third kappa shape index (κ3) is 5.48. The van der Waals surface area contributed by atoms with Gasteiger partial charge in [0.05, 0.1) is 22.1 Å². The molecule has 0 saturated carbocycles. The van der Waals surface area contributed by atoms with Gasteiger partial charge in [-0.3, -0.25) is 0 Å². The van der Waals surface area contributed by atoms with E-state index in [9.17, 15) is 0 Å². The zero-order valence-electron chi connectivity index (χ0n) is 32.3. The van der Waals surface area contributed by atoms with Gasteiger partial charge in [0.2, 0.25) is 0 Å². The lowest BCUT2D eigenvalue weighted by Gasteiger charge is -2.14. The number of nitrogens with zero attached hydrogens (tertiary/aromatic N) is 2. The smallest absolute Gasteiger partial charge is 0.0541 e. The molecule has 4 heteroatoms. The third-order valence-corrected chi connectivity index (χ3v) is 14.0. The molecule has 12 rings (SSSR count). The molecule has 0 radical (unpaired) electrons. The Hall–Kier alpha value is -6.85. The molecule has 0 amide bonds. The second-order valence-corrected chi connectivity index (χ2v) is 17.2. The van der Waals surface area contributed by atoms with Crippen LogP contribution < -0.4 is 0 Å². The fraction of sp³-hybridized carbons (Fsp3) is 0.0182. The Labute approximate surface area is 350 Å². The lowest BCUT2D eigenvalue weighted by atomic mass is 10.0. The summed E-state index contributed by atoms with van der Waals surface area (Å²) in [5.41, 5.74) is 14.5. The molecule has 3 heterocycles. The predicted molar refractivity (Wildman–Crippen MR) is 256 cm³/mol. The molecule has 2 nitrogen and oxygen atoms in total. The molecular formula is C55H36N2S2. The van der Waals surface area contributed by atoms with E-state index in [4.69, 9.17) is 0 Å². The van der Waals surface area contributed by atoms with Crippen LogP contribution in [-0.2, 0) is 0 Å². The summed E-state index contributed by atoms with van der Waals surface area (Å²) in [6.45, 7) is 0. The number of hydrogen-bond donors (Lipinski definition) is 0. The molecule has 12 aromatic rings. The number of aromatic nitrogens is 2. The molecule has 3 aromatic heterocycles. The van der Waals surface area contributed by atoms with Gasteiger partial charge < -0.3 is 9.13 Å². The van der Waals surface area contributed by atoms with E-state index in [0.717, 1.165) is 5.69 Å². The number of fused-ring (bicyclic) bond motifs is 9. The lowest BCUT2D eigenvalue weighted by molar-refractivity contribution is 1.17. The van der Waals surface area contributed by atoms with Crippen LogP contribution >= 0.6 is 23.1 Å². The maximum atomic E-state index is 2.45.